The molecule has 10 nitrogen and oxygen atoms in total. The highest BCUT2D eigenvalue weighted by atomic mass is 16.7. The fourth-order valence-corrected chi connectivity index (χ4v) is 3.44. The Hall–Kier alpha value is -3.14. The third-order valence-corrected chi connectivity index (χ3v) is 4.66. The van der Waals surface area contributed by atoms with Crippen LogP contribution in [-0.2, 0) is 49.3 Å². The van der Waals surface area contributed by atoms with Crippen LogP contribution in [0.25, 0.3) is 0 Å². The number of ether oxygens (including phenoxy) is 6. The van der Waals surface area contributed by atoms with E-state index in [2.05, 4.69) is 6.92 Å². The lowest BCUT2D eigenvalue weighted by Gasteiger charge is -2.43. The van der Waals surface area contributed by atoms with Crippen LogP contribution in [0.15, 0.2) is 24.3 Å². The van der Waals surface area contributed by atoms with Crippen molar-refractivity contribution < 1.29 is 47.6 Å². The van der Waals surface area contributed by atoms with Gasteiger partial charge in [0.2, 0.25) is 12.4 Å². The molecule has 0 spiro atoms. The second-order valence-corrected chi connectivity index (χ2v) is 7.58. The number of benzene rings is 1. The Morgan fingerprint density at radius 3 is 1.85 bits per heavy atom. The summed E-state index contributed by atoms with van der Waals surface area (Å²) in [5, 5.41) is 0. The molecule has 1 heterocycles. The smallest absolute Gasteiger partial charge is 0.303 e. The minimum atomic E-state index is -1.27. The lowest BCUT2D eigenvalue weighted by atomic mass is 9.98. The highest BCUT2D eigenvalue weighted by Gasteiger charge is 2.53. The van der Waals surface area contributed by atoms with Crippen LogP contribution in [0.2, 0.25) is 0 Å². The second kappa shape index (κ2) is 12.2. The van der Waals surface area contributed by atoms with Gasteiger partial charge in [0.1, 0.15) is 18.5 Å². The first-order valence-electron chi connectivity index (χ1n) is 10.7. The van der Waals surface area contributed by atoms with Gasteiger partial charge in [-0.15, -0.1) is 0 Å². The molecule has 1 fully saturated rings. The lowest BCUT2D eigenvalue weighted by molar-refractivity contribution is -0.288. The molecule has 0 amide bonds. The fraction of sp³-hybridized carbons (Fsp3) is 0.565. The lowest BCUT2D eigenvalue weighted by Crippen LogP contribution is -2.63. The molecule has 1 aliphatic rings. The Morgan fingerprint density at radius 1 is 0.788 bits per heavy atom. The van der Waals surface area contributed by atoms with Crippen molar-refractivity contribution in [3.63, 3.8) is 0 Å². The van der Waals surface area contributed by atoms with Gasteiger partial charge in [0.25, 0.3) is 0 Å². The molecule has 0 aliphatic carbocycles. The number of hydrogen-bond acceptors (Lipinski definition) is 10. The molecule has 0 radical (unpaired) electrons. The molecule has 1 aromatic rings. The molecule has 1 aromatic carbocycles. The van der Waals surface area contributed by atoms with Crippen LogP contribution in [0.3, 0.4) is 0 Å². The number of rotatable bonds is 9. The molecule has 182 valence electrons. The molecule has 0 saturated carbocycles. The standard InChI is InChI=1S/C23H30O10/c1-6-7-17-8-10-18(11-9-17)32-23-22(31-16(5)27)21(30-15(4)26)20(29-14(3)25)19(33-23)12-28-13(2)24/h8-11,19-23H,6-7,12H2,1-5H3/t19-,20-,21+,22-,23-/m0/s1. The number of esters is 4. The molecule has 33 heavy (non-hydrogen) atoms. The van der Waals surface area contributed by atoms with Crippen LogP contribution >= 0.6 is 0 Å². The Labute approximate surface area is 192 Å². The average molecular weight is 466 g/mol. The zero-order valence-corrected chi connectivity index (χ0v) is 19.4. The summed E-state index contributed by atoms with van der Waals surface area (Å²) < 4.78 is 33.0. The first-order chi connectivity index (χ1) is 15.6. The maximum absolute atomic E-state index is 11.8. The quantitative estimate of drug-likeness (QED) is 0.395. The van der Waals surface area contributed by atoms with E-state index in [0.29, 0.717) is 5.75 Å². The zero-order valence-electron chi connectivity index (χ0n) is 19.4. The van der Waals surface area contributed by atoms with Crippen LogP contribution in [0.1, 0.15) is 46.6 Å². The van der Waals surface area contributed by atoms with Gasteiger partial charge < -0.3 is 28.4 Å². The monoisotopic (exact) mass is 466 g/mol. The van der Waals surface area contributed by atoms with Crippen LogP contribution in [0.5, 0.6) is 5.75 Å². The van der Waals surface area contributed by atoms with Crippen molar-refractivity contribution in [2.75, 3.05) is 6.61 Å². The highest BCUT2D eigenvalue weighted by Crippen LogP contribution is 2.31. The number of carbonyl (C=O) groups is 4. The Bertz CT molecular complexity index is 834. The van der Waals surface area contributed by atoms with Crippen molar-refractivity contribution in [2.24, 2.45) is 0 Å². The van der Waals surface area contributed by atoms with E-state index in [1.807, 2.05) is 12.1 Å². The van der Waals surface area contributed by atoms with Gasteiger partial charge in [-0.05, 0) is 24.1 Å². The molecular formula is C23H30O10. The molecule has 10 heteroatoms. The first kappa shape index (κ1) is 26.1. The van der Waals surface area contributed by atoms with Crippen LogP contribution in [0, 0.1) is 0 Å². The molecule has 1 saturated heterocycles. The van der Waals surface area contributed by atoms with Crippen LogP contribution in [-0.4, -0.2) is 61.2 Å². The van der Waals surface area contributed by atoms with Crippen molar-refractivity contribution in [1.29, 1.82) is 0 Å². The molecular weight excluding hydrogens is 436 g/mol. The van der Waals surface area contributed by atoms with E-state index in [9.17, 15) is 19.2 Å². The van der Waals surface area contributed by atoms with Gasteiger partial charge in [-0.1, -0.05) is 25.5 Å². The fourth-order valence-electron chi connectivity index (χ4n) is 3.44. The highest BCUT2D eigenvalue weighted by molar-refractivity contribution is 5.68. The SMILES string of the molecule is CCCc1ccc(O[C@H]2O[C@@H](COC(C)=O)[C@H](OC(C)=O)[C@@H](OC(C)=O)[C@@H]2OC(C)=O)cc1. The summed E-state index contributed by atoms with van der Waals surface area (Å²) in [7, 11) is 0. The maximum atomic E-state index is 11.8. The predicted octanol–water partition coefficient (Wildman–Crippen LogP) is 2.10. The van der Waals surface area contributed by atoms with Gasteiger partial charge in [0.05, 0.1) is 0 Å². The summed E-state index contributed by atoms with van der Waals surface area (Å²) in [6.45, 7) is 6.46. The topological polar surface area (TPSA) is 124 Å². The maximum Gasteiger partial charge on any atom is 0.303 e. The van der Waals surface area contributed by atoms with E-state index in [1.165, 1.54) is 13.8 Å². The summed E-state index contributed by atoms with van der Waals surface area (Å²) in [4.78, 5) is 46.8. The zero-order chi connectivity index (χ0) is 24.5. The molecule has 0 aromatic heterocycles. The minimum absolute atomic E-state index is 0.312. The van der Waals surface area contributed by atoms with Gasteiger partial charge in [-0.2, -0.15) is 0 Å². The summed E-state index contributed by atoms with van der Waals surface area (Å²) in [6, 6.07) is 7.26. The van der Waals surface area contributed by atoms with Crippen LogP contribution in [0.4, 0.5) is 0 Å². The number of carbonyl (C=O) groups excluding carboxylic acids is 4. The van der Waals surface area contributed by atoms with E-state index >= 15 is 0 Å². The third kappa shape index (κ3) is 8.05. The van der Waals surface area contributed by atoms with Crippen LogP contribution < -0.4 is 4.74 Å². The first-order valence-corrected chi connectivity index (χ1v) is 10.7. The largest absolute Gasteiger partial charge is 0.463 e. The van der Waals surface area contributed by atoms with E-state index in [0.717, 1.165) is 32.3 Å². The molecule has 1 aliphatic heterocycles. The van der Waals surface area contributed by atoms with E-state index in [4.69, 9.17) is 28.4 Å². The third-order valence-electron chi connectivity index (χ3n) is 4.66. The van der Waals surface area contributed by atoms with Crippen molar-refractivity contribution >= 4 is 23.9 Å². The van der Waals surface area contributed by atoms with Gasteiger partial charge in [-0.3, -0.25) is 19.2 Å². The molecule has 0 bridgehead atoms. The van der Waals surface area contributed by atoms with Gasteiger partial charge in [0.15, 0.2) is 12.2 Å². The summed E-state index contributed by atoms with van der Waals surface area (Å²) in [5.74, 6) is -2.26. The van der Waals surface area contributed by atoms with E-state index in [-0.39, 0.29) is 6.61 Å². The van der Waals surface area contributed by atoms with Crippen molar-refractivity contribution in [1.82, 2.24) is 0 Å². The predicted molar refractivity (Wildman–Crippen MR) is 113 cm³/mol. The van der Waals surface area contributed by atoms with Gasteiger partial charge in [-0.25, -0.2) is 0 Å². The Kier molecular flexibility index (Phi) is 9.65. The molecule has 5 atom stereocenters. The molecule has 0 N–H and O–H groups in total. The Morgan fingerprint density at radius 2 is 1.33 bits per heavy atom. The summed E-state index contributed by atoms with van der Waals surface area (Å²) >= 11 is 0. The number of hydrogen-bond donors (Lipinski definition) is 0. The number of aryl methyl sites for hydroxylation is 1. The second-order valence-electron chi connectivity index (χ2n) is 7.58. The molecule has 2 rings (SSSR count). The Balaban J connectivity index is 2.40. The average Bonchev–Trinajstić information content (AvgIpc) is 2.71. The van der Waals surface area contributed by atoms with Crippen molar-refractivity contribution in [3.8, 4) is 5.75 Å². The summed E-state index contributed by atoms with van der Waals surface area (Å²) in [6.07, 6.45) is -4.17. The van der Waals surface area contributed by atoms with Gasteiger partial charge in [0, 0.05) is 27.7 Å². The van der Waals surface area contributed by atoms with Crippen molar-refractivity contribution in [3.05, 3.63) is 29.8 Å². The van der Waals surface area contributed by atoms with E-state index in [1.54, 1.807) is 12.1 Å². The summed E-state index contributed by atoms with van der Waals surface area (Å²) in [5.41, 5.74) is 1.12. The molecule has 0 unspecified atom stereocenters. The van der Waals surface area contributed by atoms with Gasteiger partial charge >= 0.3 is 23.9 Å². The van der Waals surface area contributed by atoms with Crippen molar-refractivity contribution in [2.45, 2.75) is 78.2 Å². The normalized spacial score (nSPS) is 24.3. The minimum Gasteiger partial charge on any atom is -0.463 e. The van der Waals surface area contributed by atoms with E-state index < -0.39 is 54.6 Å².